The summed E-state index contributed by atoms with van der Waals surface area (Å²) in [5, 5.41) is 0.381. The van der Waals surface area contributed by atoms with Crippen molar-refractivity contribution in [2.24, 2.45) is 0 Å². The molecule has 0 unspecified atom stereocenters. The molecule has 0 bridgehead atoms. The lowest BCUT2D eigenvalue weighted by atomic mass is 10.1. The van der Waals surface area contributed by atoms with Crippen molar-refractivity contribution in [1.82, 2.24) is 0 Å². The molecular weight excluding hydrogens is 550 g/mol. The highest BCUT2D eigenvalue weighted by Crippen LogP contribution is 2.40. The fourth-order valence-corrected chi connectivity index (χ4v) is 5.77. The maximum atomic E-state index is 13.1. The molecule has 0 saturated carbocycles. The number of amides is 1. The van der Waals surface area contributed by atoms with Crippen molar-refractivity contribution in [2.75, 3.05) is 25.2 Å². The van der Waals surface area contributed by atoms with Crippen LogP contribution in [0.4, 0.5) is 5.69 Å². The molecule has 0 spiro atoms. The molecular formula is C31H32ClNO4S2. The summed E-state index contributed by atoms with van der Waals surface area (Å²) in [6.07, 6.45) is 7.88. The van der Waals surface area contributed by atoms with E-state index in [2.05, 4.69) is 19.1 Å². The summed E-state index contributed by atoms with van der Waals surface area (Å²) in [5.41, 5.74) is 2.78. The Morgan fingerprint density at radius 3 is 2.44 bits per heavy atom. The minimum atomic E-state index is -0.173. The standard InChI is InChI=1S/C31H32ClNO4S2/c1-3-4-5-7-10-22-13-15-25(16-14-22)36-17-18-37-29-26(32)19-23(20-27(29)35-2)21-28-30(34)33(31(38)39-28)24-11-8-6-9-12-24/h6,8-9,11-16,19-21H,3-5,7,10,17-18H2,1-2H3. The number of anilines is 1. The van der Waals surface area contributed by atoms with E-state index in [0.29, 0.717) is 44.5 Å². The number of benzene rings is 3. The second kappa shape index (κ2) is 14.4. The maximum Gasteiger partial charge on any atom is 0.270 e. The van der Waals surface area contributed by atoms with Crippen molar-refractivity contribution in [3.8, 4) is 17.2 Å². The lowest BCUT2D eigenvalue weighted by molar-refractivity contribution is -0.113. The summed E-state index contributed by atoms with van der Waals surface area (Å²) in [7, 11) is 1.55. The number of thioether (sulfide) groups is 1. The second-order valence-electron chi connectivity index (χ2n) is 9.04. The Bertz CT molecular complexity index is 1310. The third kappa shape index (κ3) is 7.78. The number of carbonyl (C=O) groups excluding carboxylic acids is 1. The van der Waals surface area contributed by atoms with Gasteiger partial charge in [0.2, 0.25) is 0 Å². The number of ether oxygens (including phenoxy) is 3. The number of aryl methyl sites for hydroxylation is 1. The van der Waals surface area contributed by atoms with Crippen LogP contribution in [0.5, 0.6) is 17.2 Å². The van der Waals surface area contributed by atoms with Crippen molar-refractivity contribution < 1.29 is 19.0 Å². The average molecular weight is 582 g/mol. The molecule has 0 aliphatic carbocycles. The van der Waals surface area contributed by atoms with Crippen molar-refractivity contribution in [2.45, 2.75) is 39.0 Å². The van der Waals surface area contributed by atoms with Crippen LogP contribution in [0.3, 0.4) is 0 Å². The number of hydrogen-bond acceptors (Lipinski definition) is 6. The van der Waals surface area contributed by atoms with E-state index in [1.54, 1.807) is 25.3 Å². The largest absolute Gasteiger partial charge is 0.493 e. The molecule has 39 heavy (non-hydrogen) atoms. The van der Waals surface area contributed by atoms with Crippen LogP contribution in [-0.2, 0) is 11.2 Å². The molecule has 204 valence electrons. The SMILES string of the molecule is CCCCCCc1ccc(OCCOc2c(Cl)cc(C=C3SC(=S)N(c4ccccc4)C3=O)cc2OC)cc1. The Morgan fingerprint density at radius 2 is 1.72 bits per heavy atom. The second-order valence-corrected chi connectivity index (χ2v) is 11.1. The fourth-order valence-electron chi connectivity index (χ4n) is 4.19. The predicted octanol–water partition coefficient (Wildman–Crippen LogP) is 8.34. The zero-order chi connectivity index (χ0) is 27.6. The number of hydrogen-bond donors (Lipinski definition) is 0. The summed E-state index contributed by atoms with van der Waals surface area (Å²) in [5.74, 6) is 1.53. The molecule has 3 aromatic carbocycles. The molecule has 8 heteroatoms. The lowest BCUT2D eigenvalue weighted by Crippen LogP contribution is -2.27. The summed E-state index contributed by atoms with van der Waals surface area (Å²) in [6, 6.07) is 21.1. The van der Waals surface area contributed by atoms with Gasteiger partial charge in [-0.2, -0.15) is 0 Å². The van der Waals surface area contributed by atoms with E-state index >= 15 is 0 Å². The number of unbranched alkanes of at least 4 members (excludes halogenated alkanes) is 3. The molecule has 0 radical (unpaired) electrons. The van der Waals surface area contributed by atoms with Crippen LogP contribution in [-0.4, -0.2) is 30.6 Å². The van der Waals surface area contributed by atoms with Gasteiger partial charge in [0, 0.05) is 0 Å². The normalized spacial score (nSPS) is 14.2. The Morgan fingerprint density at radius 1 is 0.974 bits per heavy atom. The molecule has 1 amide bonds. The highest BCUT2D eigenvalue weighted by atomic mass is 35.5. The van der Waals surface area contributed by atoms with Crippen LogP contribution in [0.2, 0.25) is 5.02 Å². The first-order valence-corrected chi connectivity index (χ1v) is 14.7. The highest BCUT2D eigenvalue weighted by molar-refractivity contribution is 8.27. The van der Waals surface area contributed by atoms with Crippen molar-refractivity contribution in [1.29, 1.82) is 0 Å². The van der Waals surface area contributed by atoms with Gasteiger partial charge in [-0.3, -0.25) is 9.69 Å². The Labute approximate surface area is 245 Å². The number of thiocarbonyl (C=S) groups is 1. The van der Waals surface area contributed by atoms with Crippen LogP contribution in [0, 0.1) is 0 Å². The molecule has 4 rings (SSSR count). The fraction of sp³-hybridized carbons (Fsp3) is 0.290. The minimum absolute atomic E-state index is 0.173. The Hall–Kier alpha value is -3.00. The third-order valence-corrected chi connectivity index (χ3v) is 7.78. The zero-order valence-electron chi connectivity index (χ0n) is 22.2. The molecule has 1 aliphatic rings. The summed E-state index contributed by atoms with van der Waals surface area (Å²) in [4.78, 5) is 15.1. The molecule has 5 nitrogen and oxygen atoms in total. The van der Waals surface area contributed by atoms with E-state index in [4.69, 9.17) is 38.0 Å². The van der Waals surface area contributed by atoms with Crippen molar-refractivity contribution in [3.63, 3.8) is 0 Å². The molecule has 1 aliphatic heterocycles. The van der Waals surface area contributed by atoms with E-state index in [9.17, 15) is 4.79 Å². The van der Waals surface area contributed by atoms with Gasteiger partial charge < -0.3 is 14.2 Å². The van der Waals surface area contributed by atoms with Gasteiger partial charge in [0.1, 0.15) is 19.0 Å². The van der Waals surface area contributed by atoms with Gasteiger partial charge in [-0.1, -0.05) is 92.1 Å². The topological polar surface area (TPSA) is 48.0 Å². The molecule has 3 aromatic rings. The first-order valence-electron chi connectivity index (χ1n) is 13.0. The van der Waals surface area contributed by atoms with E-state index in [1.807, 2.05) is 42.5 Å². The zero-order valence-corrected chi connectivity index (χ0v) is 24.5. The maximum absolute atomic E-state index is 13.1. The van der Waals surface area contributed by atoms with Gasteiger partial charge >= 0.3 is 0 Å². The average Bonchev–Trinajstić information content (AvgIpc) is 3.22. The molecule has 0 atom stereocenters. The van der Waals surface area contributed by atoms with Crippen molar-refractivity contribution >= 4 is 57.6 Å². The molecule has 1 saturated heterocycles. The minimum Gasteiger partial charge on any atom is -0.493 e. The summed E-state index contributed by atoms with van der Waals surface area (Å²) in [6.45, 7) is 2.88. The van der Waals surface area contributed by atoms with Gasteiger partial charge in [0.05, 0.1) is 22.7 Å². The van der Waals surface area contributed by atoms with E-state index < -0.39 is 0 Å². The van der Waals surface area contributed by atoms with Crippen LogP contribution < -0.4 is 19.1 Å². The first kappa shape index (κ1) is 29.0. The van der Waals surface area contributed by atoms with E-state index in [1.165, 1.54) is 47.9 Å². The van der Waals surface area contributed by atoms with Crippen molar-refractivity contribution in [3.05, 3.63) is 87.8 Å². The Kier molecular flexibility index (Phi) is 10.7. The third-order valence-electron chi connectivity index (χ3n) is 6.20. The van der Waals surface area contributed by atoms with Crippen LogP contribution in [0.25, 0.3) is 6.08 Å². The monoisotopic (exact) mass is 581 g/mol. The van der Waals surface area contributed by atoms with Crippen LogP contribution in [0.1, 0.15) is 43.7 Å². The smallest absolute Gasteiger partial charge is 0.270 e. The number of halogens is 1. The molecule has 1 fully saturated rings. The first-order chi connectivity index (χ1) is 19.0. The summed E-state index contributed by atoms with van der Waals surface area (Å²) < 4.78 is 17.8. The van der Waals surface area contributed by atoms with E-state index in [0.717, 1.165) is 17.9 Å². The number of methoxy groups -OCH3 is 1. The molecule has 1 heterocycles. The molecule has 0 N–H and O–H groups in total. The van der Waals surface area contributed by atoms with Crippen LogP contribution in [0.15, 0.2) is 71.6 Å². The van der Waals surface area contributed by atoms with Gasteiger partial charge in [-0.25, -0.2) is 0 Å². The number of carbonyl (C=O) groups is 1. The quantitative estimate of drug-likeness (QED) is 0.115. The highest BCUT2D eigenvalue weighted by Gasteiger charge is 2.33. The number of para-hydroxylation sites is 1. The van der Waals surface area contributed by atoms with Gasteiger partial charge in [0.15, 0.2) is 15.8 Å². The van der Waals surface area contributed by atoms with Crippen LogP contribution >= 0.6 is 35.6 Å². The summed E-state index contributed by atoms with van der Waals surface area (Å²) >= 11 is 13.3. The van der Waals surface area contributed by atoms with Gasteiger partial charge in [-0.05, 0) is 66.4 Å². The lowest BCUT2D eigenvalue weighted by Gasteiger charge is -2.14. The molecule has 0 aromatic heterocycles. The van der Waals surface area contributed by atoms with Gasteiger partial charge in [0.25, 0.3) is 5.91 Å². The van der Waals surface area contributed by atoms with Gasteiger partial charge in [-0.15, -0.1) is 0 Å². The van der Waals surface area contributed by atoms with E-state index in [-0.39, 0.29) is 5.91 Å². The predicted molar refractivity (Wildman–Crippen MR) is 165 cm³/mol. The Balaban J connectivity index is 1.34. The number of rotatable bonds is 13. The number of nitrogens with zero attached hydrogens (tertiary/aromatic N) is 1.